The van der Waals surface area contributed by atoms with Crippen molar-refractivity contribution < 1.29 is 9.90 Å². The lowest BCUT2D eigenvalue weighted by atomic mass is 9.92. The van der Waals surface area contributed by atoms with Gasteiger partial charge in [-0.2, -0.15) is 0 Å². The zero-order valence-corrected chi connectivity index (χ0v) is 12.0. The van der Waals surface area contributed by atoms with Gasteiger partial charge in [-0.15, -0.1) is 0 Å². The van der Waals surface area contributed by atoms with Crippen LogP contribution in [-0.2, 0) is 0 Å². The Morgan fingerprint density at radius 3 is 2.00 bits per heavy atom. The number of fused-ring (bicyclic) bond motifs is 2. The molecule has 0 spiro atoms. The van der Waals surface area contributed by atoms with E-state index in [1.165, 1.54) is 24.0 Å². The normalized spacial score (nSPS) is 17.6. The highest BCUT2D eigenvalue weighted by atomic mass is 16.3. The molecule has 0 amide bonds. The van der Waals surface area contributed by atoms with Crippen LogP contribution in [0.1, 0.15) is 62.4 Å². The summed E-state index contributed by atoms with van der Waals surface area (Å²) in [5, 5.41) is 8.52. The second-order valence-electron chi connectivity index (χ2n) is 6.21. The molecule has 0 bridgehead atoms. The molecule has 1 aromatic rings. The van der Waals surface area contributed by atoms with E-state index in [0.29, 0.717) is 0 Å². The van der Waals surface area contributed by atoms with E-state index in [0.717, 1.165) is 24.0 Å². The zero-order chi connectivity index (χ0) is 14.0. The van der Waals surface area contributed by atoms with Crippen molar-refractivity contribution in [3.05, 3.63) is 41.0 Å². The molecule has 0 saturated heterocycles. The molecule has 0 radical (unpaired) electrons. The highest BCUT2D eigenvalue weighted by molar-refractivity contribution is 6.20. The van der Waals surface area contributed by atoms with Gasteiger partial charge >= 0.3 is 0 Å². The molecule has 2 aliphatic rings. The summed E-state index contributed by atoms with van der Waals surface area (Å²) in [5.41, 5.74) is 4.06. The number of hydrogen-bond acceptors (Lipinski definition) is 2. The van der Waals surface area contributed by atoms with E-state index >= 15 is 0 Å². The van der Waals surface area contributed by atoms with Crippen LogP contribution in [0.5, 0.6) is 0 Å². The molecule has 102 valence electrons. The molecule has 0 atom stereocenters. The Hall–Kier alpha value is -1.41. The lowest BCUT2D eigenvalue weighted by Gasteiger charge is -2.12. The van der Waals surface area contributed by atoms with Crippen molar-refractivity contribution in [2.24, 2.45) is 0 Å². The zero-order valence-electron chi connectivity index (χ0n) is 12.0. The van der Waals surface area contributed by atoms with Crippen LogP contribution in [0, 0.1) is 0 Å². The number of allylic oxidation sites excluding steroid dienone is 2. The van der Waals surface area contributed by atoms with E-state index < -0.39 is 5.60 Å². The van der Waals surface area contributed by atoms with Crippen molar-refractivity contribution in [2.75, 3.05) is 0 Å². The van der Waals surface area contributed by atoms with Crippen LogP contribution in [0.4, 0.5) is 0 Å². The van der Waals surface area contributed by atoms with E-state index in [1.54, 1.807) is 20.8 Å². The fraction of sp³-hybridized carbons (Fsp3) is 0.471. The smallest absolute Gasteiger partial charge is 0.189 e. The highest BCUT2D eigenvalue weighted by Gasteiger charge is 2.29. The van der Waals surface area contributed by atoms with Crippen molar-refractivity contribution in [1.82, 2.24) is 0 Å². The molecule has 0 saturated carbocycles. The molecule has 1 aromatic carbocycles. The van der Waals surface area contributed by atoms with Crippen LogP contribution in [0.3, 0.4) is 0 Å². The molecule has 0 fully saturated rings. The van der Waals surface area contributed by atoms with Crippen molar-refractivity contribution in [3.8, 4) is 0 Å². The second kappa shape index (κ2) is 5.30. The van der Waals surface area contributed by atoms with Crippen molar-refractivity contribution in [3.63, 3.8) is 0 Å². The van der Waals surface area contributed by atoms with Crippen LogP contribution < -0.4 is 0 Å². The van der Waals surface area contributed by atoms with Crippen molar-refractivity contribution >= 4 is 11.4 Å². The fourth-order valence-corrected chi connectivity index (χ4v) is 2.56. The molecule has 2 aliphatic carbocycles. The van der Waals surface area contributed by atoms with E-state index in [-0.39, 0.29) is 5.78 Å². The third-order valence-electron chi connectivity index (χ3n) is 3.24. The molecule has 0 unspecified atom stereocenters. The van der Waals surface area contributed by atoms with Gasteiger partial charge in [0.1, 0.15) is 0 Å². The number of benzene rings is 1. The van der Waals surface area contributed by atoms with Crippen LogP contribution in [-0.4, -0.2) is 16.5 Å². The van der Waals surface area contributed by atoms with Crippen LogP contribution >= 0.6 is 0 Å². The Labute approximate surface area is 115 Å². The first-order valence-corrected chi connectivity index (χ1v) is 6.96. The summed E-state index contributed by atoms with van der Waals surface area (Å²) in [6.45, 7) is 5.23. The van der Waals surface area contributed by atoms with E-state index in [4.69, 9.17) is 5.11 Å². The predicted molar refractivity (Wildman–Crippen MR) is 78.1 cm³/mol. The molecule has 2 heteroatoms. The van der Waals surface area contributed by atoms with Gasteiger partial charge < -0.3 is 5.11 Å². The monoisotopic (exact) mass is 258 g/mol. The van der Waals surface area contributed by atoms with Gasteiger partial charge in [0.05, 0.1) is 5.60 Å². The molecular formula is C17H22O2. The summed E-state index contributed by atoms with van der Waals surface area (Å²) in [7, 11) is 0. The van der Waals surface area contributed by atoms with Gasteiger partial charge in [-0.3, -0.25) is 4.79 Å². The third kappa shape index (κ3) is 3.32. The maximum Gasteiger partial charge on any atom is 0.189 e. The average Bonchev–Trinajstić information content (AvgIpc) is 2.63. The lowest BCUT2D eigenvalue weighted by molar-refractivity contribution is 0.101. The predicted octanol–water partition coefficient (Wildman–Crippen LogP) is 3.99. The molecule has 3 rings (SSSR count). The highest BCUT2D eigenvalue weighted by Crippen LogP contribution is 2.40. The standard InChI is InChI=1S/C13H12O.C4H10O/c14-13-11-7-3-1-5-9(11)10-6-2-4-8-12(10)13;1-4(2,3)5/h1,3,5,7H,2,4,6,8H2;5H,1-3H3. The van der Waals surface area contributed by atoms with Gasteiger partial charge in [0.2, 0.25) is 0 Å². The van der Waals surface area contributed by atoms with E-state index in [9.17, 15) is 4.79 Å². The maximum absolute atomic E-state index is 12.0. The number of carbonyl (C=O) groups is 1. The van der Waals surface area contributed by atoms with Gasteiger partial charge in [0.25, 0.3) is 0 Å². The molecule has 0 heterocycles. The van der Waals surface area contributed by atoms with Gasteiger partial charge in [-0.25, -0.2) is 0 Å². The van der Waals surface area contributed by atoms with Crippen molar-refractivity contribution in [1.29, 1.82) is 0 Å². The lowest BCUT2D eigenvalue weighted by Crippen LogP contribution is -2.10. The molecule has 0 aliphatic heterocycles. The first-order valence-electron chi connectivity index (χ1n) is 6.96. The fourth-order valence-electron chi connectivity index (χ4n) is 2.56. The van der Waals surface area contributed by atoms with Gasteiger partial charge in [-0.1, -0.05) is 24.3 Å². The summed E-state index contributed by atoms with van der Waals surface area (Å²) >= 11 is 0. The van der Waals surface area contributed by atoms with Crippen molar-refractivity contribution in [2.45, 2.75) is 52.1 Å². The second-order valence-corrected chi connectivity index (χ2v) is 6.21. The Morgan fingerprint density at radius 1 is 0.947 bits per heavy atom. The largest absolute Gasteiger partial charge is 0.391 e. The summed E-state index contributed by atoms with van der Waals surface area (Å²) in [6, 6.07) is 8.02. The topological polar surface area (TPSA) is 37.3 Å². The van der Waals surface area contributed by atoms with Crippen LogP contribution in [0.15, 0.2) is 29.8 Å². The van der Waals surface area contributed by atoms with Gasteiger partial charge in [0, 0.05) is 11.1 Å². The minimum atomic E-state index is -0.500. The summed E-state index contributed by atoms with van der Waals surface area (Å²) in [4.78, 5) is 12.0. The minimum absolute atomic E-state index is 0.287. The quantitative estimate of drug-likeness (QED) is 0.764. The Morgan fingerprint density at radius 2 is 1.42 bits per heavy atom. The third-order valence-corrected chi connectivity index (χ3v) is 3.24. The molecule has 2 nitrogen and oxygen atoms in total. The Kier molecular flexibility index (Phi) is 3.91. The number of aliphatic hydroxyl groups is 1. The summed E-state index contributed by atoms with van der Waals surface area (Å²) in [5.74, 6) is 0.287. The number of ketones is 1. The molecular weight excluding hydrogens is 236 g/mol. The first-order chi connectivity index (χ1) is 8.88. The summed E-state index contributed by atoms with van der Waals surface area (Å²) in [6.07, 6.45) is 4.50. The Bertz CT molecular complexity index is 512. The van der Waals surface area contributed by atoms with Crippen LogP contribution in [0.25, 0.3) is 5.57 Å². The van der Waals surface area contributed by atoms with E-state index in [2.05, 4.69) is 6.07 Å². The SMILES string of the molecule is CC(C)(C)O.O=C1C2=C(CCCC2)c2ccccc21. The number of Topliss-reactive ketones (excluding diaryl/α,β-unsaturated/α-hetero) is 1. The molecule has 19 heavy (non-hydrogen) atoms. The number of rotatable bonds is 0. The first kappa shape index (κ1) is 14.0. The number of carbonyl (C=O) groups excluding carboxylic acids is 1. The van der Waals surface area contributed by atoms with Gasteiger partial charge in [0.15, 0.2) is 5.78 Å². The van der Waals surface area contributed by atoms with E-state index in [1.807, 2.05) is 18.2 Å². The molecule has 0 aromatic heterocycles. The summed E-state index contributed by atoms with van der Waals surface area (Å²) < 4.78 is 0. The maximum atomic E-state index is 12.0. The minimum Gasteiger partial charge on any atom is -0.391 e. The van der Waals surface area contributed by atoms with Gasteiger partial charge in [-0.05, 0) is 57.6 Å². The number of hydrogen-bond donors (Lipinski definition) is 1. The average molecular weight is 258 g/mol. The Balaban J connectivity index is 0.000000232. The van der Waals surface area contributed by atoms with Crippen LogP contribution in [0.2, 0.25) is 0 Å². The molecule has 1 N–H and O–H groups in total.